The summed E-state index contributed by atoms with van der Waals surface area (Å²) in [5.74, 6) is 2.44. The molecule has 0 bridgehead atoms. The van der Waals surface area contributed by atoms with Gasteiger partial charge in [-0.3, -0.25) is 4.90 Å². The first-order valence-electron chi connectivity index (χ1n) is 8.80. The van der Waals surface area contributed by atoms with E-state index in [4.69, 9.17) is 0 Å². The third kappa shape index (κ3) is 6.21. The standard InChI is InChI=1S/C17H31N3OS/c1-2-22-14-13-19-10-6-7-16(15-19)8-9-18-17(21)20-11-4-3-5-12-20/h7H,2-6,8-15H2,1H3,(H,18,21). The molecule has 1 N–H and O–H groups in total. The van der Waals surface area contributed by atoms with Gasteiger partial charge < -0.3 is 10.2 Å². The summed E-state index contributed by atoms with van der Waals surface area (Å²) in [5.41, 5.74) is 1.49. The van der Waals surface area contributed by atoms with Gasteiger partial charge in [-0.1, -0.05) is 18.6 Å². The minimum absolute atomic E-state index is 0.132. The normalized spacial score (nSPS) is 19.9. The molecule has 0 unspecified atom stereocenters. The van der Waals surface area contributed by atoms with Crippen LogP contribution in [0.4, 0.5) is 4.79 Å². The molecule has 1 saturated heterocycles. The second-order valence-electron chi connectivity index (χ2n) is 6.15. The van der Waals surface area contributed by atoms with Crippen molar-refractivity contribution in [3.63, 3.8) is 0 Å². The van der Waals surface area contributed by atoms with Gasteiger partial charge in [-0.25, -0.2) is 4.79 Å². The summed E-state index contributed by atoms with van der Waals surface area (Å²) in [5, 5.41) is 3.09. The van der Waals surface area contributed by atoms with Crippen molar-refractivity contribution < 1.29 is 4.79 Å². The van der Waals surface area contributed by atoms with Crippen molar-refractivity contribution in [3.8, 4) is 0 Å². The van der Waals surface area contributed by atoms with Gasteiger partial charge in [0.25, 0.3) is 0 Å². The smallest absolute Gasteiger partial charge is 0.317 e. The Morgan fingerprint density at radius 1 is 1.27 bits per heavy atom. The molecular formula is C17H31N3OS. The van der Waals surface area contributed by atoms with Crippen molar-refractivity contribution in [1.29, 1.82) is 0 Å². The largest absolute Gasteiger partial charge is 0.338 e. The van der Waals surface area contributed by atoms with Crippen LogP contribution in [0.2, 0.25) is 0 Å². The molecule has 0 saturated carbocycles. The van der Waals surface area contributed by atoms with Gasteiger partial charge in [0, 0.05) is 45.0 Å². The van der Waals surface area contributed by atoms with Crippen LogP contribution in [-0.4, -0.2) is 66.6 Å². The molecule has 4 nitrogen and oxygen atoms in total. The monoisotopic (exact) mass is 325 g/mol. The Bertz CT molecular complexity index is 367. The Morgan fingerprint density at radius 3 is 2.86 bits per heavy atom. The van der Waals surface area contributed by atoms with Crippen LogP contribution >= 0.6 is 11.8 Å². The fraction of sp³-hybridized carbons (Fsp3) is 0.824. The number of carbonyl (C=O) groups is 1. The maximum atomic E-state index is 12.1. The molecule has 2 aliphatic rings. The molecule has 0 aromatic heterocycles. The topological polar surface area (TPSA) is 35.6 Å². The summed E-state index contributed by atoms with van der Waals surface area (Å²) in [4.78, 5) is 16.6. The van der Waals surface area contributed by atoms with Crippen molar-refractivity contribution in [2.24, 2.45) is 0 Å². The highest BCUT2D eigenvalue weighted by Gasteiger charge is 2.16. The SMILES string of the molecule is CCSCCN1CCC=C(CCNC(=O)N2CCCCC2)C1. The predicted molar refractivity (Wildman–Crippen MR) is 95.6 cm³/mol. The maximum absolute atomic E-state index is 12.1. The highest BCUT2D eigenvalue weighted by molar-refractivity contribution is 7.99. The minimum Gasteiger partial charge on any atom is -0.338 e. The van der Waals surface area contributed by atoms with Crippen LogP contribution in [0, 0.1) is 0 Å². The van der Waals surface area contributed by atoms with E-state index in [9.17, 15) is 4.79 Å². The number of piperidine rings is 1. The summed E-state index contributed by atoms with van der Waals surface area (Å²) >= 11 is 2.02. The van der Waals surface area contributed by atoms with Crippen molar-refractivity contribution in [1.82, 2.24) is 15.1 Å². The van der Waals surface area contributed by atoms with Crippen molar-refractivity contribution in [3.05, 3.63) is 11.6 Å². The average Bonchev–Trinajstić information content (AvgIpc) is 2.56. The van der Waals surface area contributed by atoms with Gasteiger partial charge in [0.15, 0.2) is 0 Å². The molecule has 1 fully saturated rings. The Morgan fingerprint density at radius 2 is 2.09 bits per heavy atom. The lowest BCUT2D eigenvalue weighted by molar-refractivity contribution is 0.186. The van der Waals surface area contributed by atoms with E-state index in [1.807, 2.05) is 16.7 Å². The van der Waals surface area contributed by atoms with E-state index in [1.54, 1.807) is 0 Å². The number of nitrogens with one attached hydrogen (secondary N) is 1. The number of urea groups is 1. The number of rotatable bonds is 7. The first-order chi connectivity index (χ1) is 10.8. The molecule has 2 amide bonds. The lowest BCUT2D eigenvalue weighted by atomic mass is 10.1. The molecule has 5 heteroatoms. The van der Waals surface area contributed by atoms with Crippen molar-refractivity contribution in [2.45, 2.75) is 39.0 Å². The number of amides is 2. The molecule has 0 aromatic carbocycles. The average molecular weight is 326 g/mol. The quantitative estimate of drug-likeness (QED) is 0.577. The zero-order chi connectivity index (χ0) is 15.6. The number of carbonyl (C=O) groups excluding carboxylic acids is 1. The van der Waals surface area contributed by atoms with Gasteiger partial charge in [0.1, 0.15) is 0 Å². The summed E-state index contributed by atoms with van der Waals surface area (Å²) < 4.78 is 0. The van der Waals surface area contributed by atoms with Crippen LogP contribution in [0.1, 0.15) is 39.0 Å². The molecular weight excluding hydrogens is 294 g/mol. The van der Waals surface area contributed by atoms with E-state index in [-0.39, 0.29) is 6.03 Å². The lowest BCUT2D eigenvalue weighted by Crippen LogP contribution is -2.43. The Hall–Kier alpha value is -0.680. The van der Waals surface area contributed by atoms with E-state index in [0.717, 1.165) is 51.9 Å². The van der Waals surface area contributed by atoms with Crippen molar-refractivity contribution in [2.75, 3.05) is 50.8 Å². The number of hydrogen-bond donors (Lipinski definition) is 1. The van der Waals surface area contributed by atoms with E-state index >= 15 is 0 Å². The molecule has 2 heterocycles. The zero-order valence-electron chi connectivity index (χ0n) is 14.0. The molecule has 2 aliphatic heterocycles. The Balaban J connectivity index is 1.61. The summed E-state index contributed by atoms with van der Waals surface area (Å²) in [7, 11) is 0. The van der Waals surface area contributed by atoms with Crippen LogP contribution < -0.4 is 5.32 Å². The first kappa shape index (κ1) is 17.7. The summed E-state index contributed by atoms with van der Waals surface area (Å²) in [6.07, 6.45) is 8.11. The predicted octanol–water partition coefficient (Wildman–Crippen LogP) is 2.96. The first-order valence-corrected chi connectivity index (χ1v) is 9.96. The molecule has 126 valence electrons. The molecule has 22 heavy (non-hydrogen) atoms. The van der Waals surface area contributed by atoms with Gasteiger partial charge >= 0.3 is 6.03 Å². The Kier molecular flexibility index (Phi) is 8.16. The maximum Gasteiger partial charge on any atom is 0.317 e. The van der Waals surface area contributed by atoms with Crippen LogP contribution in [0.3, 0.4) is 0 Å². The third-order valence-corrected chi connectivity index (χ3v) is 5.31. The molecule has 0 atom stereocenters. The molecule has 2 rings (SSSR count). The molecule has 0 radical (unpaired) electrons. The van der Waals surface area contributed by atoms with E-state index in [0.29, 0.717) is 0 Å². The number of hydrogen-bond acceptors (Lipinski definition) is 3. The van der Waals surface area contributed by atoms with Crippen LogP contribution in [0.5, 0.6) is 0 Å². The van der Waals surface area contributed by atoms with Crippen LogP contribution in [0.15, 0.2) is 11.6 Å². The van der Waals surface area contributed by atoms with Crippen LogP contribution in [0.25, 0.3) is 0 Å². The second kappa shape index (κ2) is 10.2. The highest BCUT2D eigenvalue weighted by atomic mass is 32.2. The summed E-state index contributed by atoms with van der Waals surface area (Å²) in [6.45, 7) is 8.32. The van der Waals surface area contributed by atoms with E-state index < -0.39 is 0 Å². The van der Waals surface area contributed by atoms with Gasteiger partial charge in [0.2, 0.25) is 0 Å². The van der Waals surface area contributed by atoms with Gasteiger partial charge in [0.05, 0.1) is 0 Å². The molecule has 0 aliphatic carbocycles. The van der Waals surface area contributed by atoms with Crippen LogP contribution in [-0.2, 0) is 0 Å². The Labute approximate surface area is 139 Å². The van der Waals surface area contributed by atoms with Gasteiger partial charge in [-0.05, 0) is 37.9 Å². The summed E-state index contributed by atoms with van der Waals surface area (Å²) in [6, 6.07) is 0.132. The van der Waals surface area contributed by atoms with E-state index in [1.165, 1.54) is 36.6 Å². The highest BCUT2D eigenvalue weighted by Crippen LogP contribution is 2.14. The lowest BCUT2D eigenvalue weighted by Gasteiger charge is -2.28. The van der Waals surface area contributed by atoms with E-state index in [2.05, 4.69) is 23.2 Å². The minimum atomic E-state index is 0.132. The van der Waals surface area contributed by atoms with Crippen molar-refractivity contribution >= 4 is 17.8 Å². The molecule has 0 spiro atoms. The fourth-order valence-electron chi connectivity index (χ4n) is 3.13. The zero-order valence-corrected chi connectivity index (χ0v) is 14.8. The number of nitrogens with zero attached hydrogens (tertiary/aromatic N) is 2. The van der Waals surface area contributed by atoms with Gasteiger partial charge in [-0.15, -0.1) is 0 Å². The third-order valence-electron chi connectivity index (χ3n) is 4.43. The van der Waals surface area contributed by atoms with Gasteiger partial charge in [-0.2, -0.15) is 11.8 Å². The number of thioether (sulfide) groups is 1. The number of likely N-dealkylation sites (tertiary alicyclic amines) is 1. The second-order valence-corrected chi connectivity index (χ2v) is 7.55. The fourth-order valence-corrected chi connectivity index (χ4v) is 3.81. The molecule has 0 aromatic rings.